The van der Waals surface area contributed by atoms with E-state index >= 15 is 0 Å². The lowest BCUT2D eigenvalue weighted by atomic mass is 10.1. The molecule has 6 nitrogen and oxygen atoms in total. The van der Waals surface area contributed by atoms with Crippen LogP contribution in [-0.4, -0.2) is 44.9 Å². The molecule has 0 saturated heterocycles. The molecule has 154 valence electrons. The Labute approximate surface area is 175 Å². The van der Waals surface area contributed by atoms with Gasteiger partial charge in [-0.15, -0.1) is 10.2 Å². The van der Waals surface area contributed by atoms with Gasteiger partial charge in [0.15, 0.2) is 11.0 Å². The van der Waals surface area contributed by atoms with Gasteiger partial charge in [0.1, 0.15) is 12.4 Å². The van der Waals surface area contributed by atoms with Gasteiger partial charge in [-0.3, -0.25) is 0 Å². The molecule has 1 aromatic heterocycles. The molecule has 0 bridgehead atoms. The molecule has 1 N–H and O–H groups in total. The smallest absolute Gasteiger partial charge is 0.191 e. The fourth-order valence-electron chi connectivity index (χ4n) is 2.77. The SMILES string of the molecule is COCCn1c(COc2ccccc2-c2ccccc2)nnc1SCC(C)(C)O. The van der Waals surface area contributed by atoms with Gasteiger partial charge < -0.3 is 19.1 Å². The second-order valence-corrected chi connectivity index (χ2v) is 8.24. The summed E-state index contributed by atoms with van der Waals surface area (Å²) in [4.78, 5) is 0. The Morgan fingerprint density at radius 1 is 1.03 bits per heavy atom. The zero-order valence-electron chi connectivity index (χ0n) is 17.0. The topological polar surface area (TPSA) is 69.4 Å². The standard InChI is InChI=1S/C22H27N3O3S/c1-22(2,26)16-29-21-24-23-20(25(21)13-14-27-3)15-28-19-12-8-7-11-18(19)17-9-5-4-6-10-17/h4-12,26H,13-16H2,1-3H3. The van der Waals surface area contributed by atoms with Gasteiger partial charge in [0.05, 0.1) is 12.2 Å². The Kier molecular flexibility index (Phi) is 7.30. The summed E-state index contributed by atoms with van der Waals surface area (Å²) >= 11 is 1.48. The molecule has 29 heavy (non-hydrogen) atoms. The first-order chi connectivity index (χ1) is 14.0. The van der Waals surface area contributed by atoms with E-state index in [0.717, 1.165) is 27.9 Å². The molecule has 0 fully saturated rings. The normalized spacial score (nSPS) is 11.6. The Morgan fingerprint density at radius 2 is 1.76 bits per heavy atom. The van der Waals surface area contributed by atoms with E-state index in [-0.39, 0.29) is 0 Å². The van der Waals surface area contributed by atoms with Crippen molar-refractivity contribution < 1.29 is 14.6 Å². The Hall–Kier alpha value is -2.35. The number of para-hydroxylation sites is 1. The van der Waals surface area contributed by atoms with Crippen molar-refractivity contribution in [1.82, 2.24) is 14.8 Å². The average molecular weight is 414 g/mol. The Bertz CT molecular complexity index is 907. The van der Waals surface area contributed by atoms with Crippen LogP contribution in [0.25, 0.3) is 11.1 Å². The number of methoxy groups -OCH3 is 1. The molecule has 7 heteroatoms. The molecule has 0 aliphatic heterocycles. The molecule has 1 heterocycles. The third-order valence-corrected chi connectivity index (χ3v) is 5.61. The number of hydrogen-bond donors (Lipinski definition) is 1. The van der Waals surface area contributed by atoms with Crippen LogP contribution < -0.4 is 4.74 Å². The van der Waals surface area contributed by atoms with Crippen LogP contribution in [0.3, 0.4) is 0 Å². The molecular weight excluding hydrogens is 386 g/mol. The molecule has 2 aromatic carbocycles. The van der Waals surface area contributed by atoms with E-state index in [1.54, 1.807) is 21.0 Å². The quantitative estimate of drug-likeness (QED) is 0.506. The van der Waals surface area contributed by atoms with Gasteiger partial charge in [0.2, 0.25) is 0 Å². The molecule has 0 radical (unpaired) electrons. The average Bonchev–Trinajstić information content (AvgIpc) is 3.11. The summed E-state index contributed by atoms with van der Waals surface area (Å²) in [5.74, 6) is 2.05. The highest BCUT2D eigenvalue weighted by Gasteiger charge is 2.18. The minimum atomic E-state index is -0.784. The monoisotopic (exact) mass is 413 g/mol. The largest absolute Gasteiger partial charge is 0.485 e. The van der Waals surface area contributed by atoms with Crippen molar-refractivity contribution in [1.29, 1.82) is 0 Å². The van der Waals surface area contributed by atoms with E-state index in [1.807, 2.05) is 47.0 Å². The van der Waals surface area contributed by atoms with E-state index in [2.05, 4.69) is 22.3 Å². The van der Waals surface area contributed by atoms with Crippen LogP contribution in [0.2, 0.25) is 0 Å². The summed E-state index contributed by atoms with van der Waals surface area (Å²) in [7, 11) is 1.67. The number of nitrogens with zero attached hydrogens (tertiary/aromatic N) is 3. The van der Waals surface area contributed by atoms with Gasteiger partial charge in [-0.25, -0.2) is 0 Å². The molecule has 3 rings (SSSR count). The number of rotatable bonds is 10. The predicted molar refractivity (Wildman–Crippen MR) is 115 cm³/mol. The minimum Gasteiger partial charge on any atom is -0.485 e. The van der Waals surface area contributed by atoms with Crippen LogP contribution in [0.1, 0.15) is 19.7 Å². The molecule has 0 unspecified atom stereocenters. The van der Waals surface area contributed by atoms with Gasteiger partial charge in [-0.05, 0) is 25.5 Å². The summed E-state index contributed by atoms with van der Waals surface area (Å²) < 4.78 is 13.4. The molecule has 0 aliphatic rings. The predicted octanol–water partition coefficient (Wildman–Crippen LogP) is 4.03. The van der Waals surface area contributed by atoms with Crippen LogP contribution in [0.15, 0.2) is 59.8 Å². The first kappa shape index (κ1) is 21.4. The summed E-state index contributed by atoms with van der Waals surface area (Å²) in [6.45, 7) is 5.02. The third kappa shape index (κ3) is 6.06. The van der Waals surface area contributed by atoms with Crippen molar-refractivity contribution in [3.63, 3.8) is 0 Å². The fourth-order valence-corrected chi connectivity index (χ4v) is 3.71. The maximum Gasteiger partial charge on any atom is 0.191 e. The lowest BCUT2D eigenvalue weighted by Gasteiger charge is -2.16. The van der Waals surface area contributed by atoms with E-state index in [4.69, 9.17) is 9.47 Å². The Balaban J connectivity index is 1.78. The highest BCUT2D eigenvalue weighted by atomic mass is 32.2. The number of ether oxygens (including phenoxy) is 2. The van der Waals surface area contributed by atoms with Gasteiger partial charge in [0, 0.05) is 25.0 Å². The molecule has 0 aliphatic carbocycles. The maximum atomic E-state index is 10.0. The van der Waals surface area contributed by atoms with Crippen molar-refractivity contribution in [3.8, 4) is 16.9 Å². The third-order valence-electron chi connectivity index (χ3n) is 4.20. The van der Waals surface area contributed by atoms with E-state index in [0.29, 0.717) is 25.5 Å². The fraction of sp³-hybridized carbons (Fsp3) is 0.364. The molecule has 0 spiro atoms. The van der Waals surface area contributed by atoms with Crippen LogP contribution in [0.5, 0.6) is 5.75 Å². The number of aliphatic hydroxyl groups is 1. The van der Waals surface area contributed by atoms with Gasteiger partial charge in [-0.1, -0.05) is 60.3 Å². The van der Waals surface area contributed by atoms with E-state index in [1.165, 1.54) is 11.8 Å². The molecule has 0 saturated carbocycles. The lowest BCUT2D eigenvalue weighted by molar-refractivity contribution is 0.107. The van der Waals surface area contributed by atoms with Gasteiger partial charge in [0.25, 0.3) is 0 Å². The van der Waals surface area contributed by atoms with Crippen LogP contribution >= 0.6 is 11.8 Å². The molecule has 3 aromatic rings. The number of hydrogen-bond acceptors (Lipinski definition) is 6. The van der Waals surface area contributed by atoms with Crippen molar-refractivity contribution in [2.75, 3.05) is 19.5 Å². The van der Waals surface area contributed by atoms with Crippen molar-refractivity contribution in [2.24, 2.45) is 0 Å². The molecular formula is C22H27N3O3S. The number of benzene rings is 2. The second kappa shape index (κ2) is 9.91. The summed E-state index contributed by atoms with van der Waals surface area (Å²) in [6.07, 6.45) is 0. The van der Waals surface area contributed by atoms with Crippen molar-refractivity contribution in [2.45, 2.75) is 37.8 Å². The van der Waals surface area contributed by atoms with Crippen LogP contribution in [-0.2, 0) is 17.9 Å². The first-order valence-electron chi connectivity index (χ1n) is 9.51. The van der Waals surface area contributed by atoms with Gasteiger partial charge in [-0.2, -0.15) is 0 Å². The summed E-state index contributed by atoms with van der Waals surface area (Å²) in [5.41, 5.74) is 1.35. The zero-order chi connectivity index (χ0) is 20.7. The Morgan fingerprint density at radius 3 is 2.48 bits per heavy atom. The first-order valence-corrected chi connectivity index (χ1v) is 10.5. The number of thioether (sulfide) groups is 1. The number of aromatic nitrogens is 3. The minimum absolute atomic E-state index is 0.295. The molecule has 0 atom stereocenters. The van der Waals surface area contributed by atoms with Crippen molar-refractivity contribution >= 4 is 11.8 Å². The zero-order valence-corrected chi connectivity index (χ0v) is 17.9. The highest BCUT2D eigenvalue weighted by Crippen LogP contribution is 2.30. The lowest BCUT2D eigenvalue weighted by Crippen LogP contribution is -2.22. The van der Waals surface area contributed by atoms with Gasteiger partial charge >= 0.3 is 0 Å². The summed E-state index contributed by atoms with van der Waals surface area (Å²) in [6, 6.07) is 18.1. The van der Waals surface area contributed by atoms with E-state index in [9.17, 15) is 5.11 Å². The molecule has 0 amide bonds. The van der Waals surface area contributed by atoms with Crippen molar-refractivity contribution in [3.05, 3.63) is 60.4 Å². The second-order valence-electron chi connectivity index (χ2n) is 7.30. The van der Waals surface area contributed by atoms with E-state index < -0.39 is 5.60 Å². The highest BCUT2D eigenvalue weighted by molar-refractivity contribution is 7.99. The maximum absolute atomic E-state index is 10.0. The van der Waals surface area contributed by atoms with Crippen LogP contribution in [0.4, 0.5) is 0 Å². The van der Waals surface area contributed by atoms with Crippen LogP contribution in [0, 0.1) is 0 Å². The summed E-state index contributed by atoms with van der Waals surface area (Å²) in [5, 5.41) is 19.4.